The Morgan fingerprint density at radius 2 is 1.87 bits per heavy atom. The first-order valence-corrected chi connectivity index (χ1v) is 10.0. The summed E-state index contributed by atoms with van der Waals surface area (Å²) >= 11 is 0. The third kappa shape index (κ3) is 3.34. The molecule has 0 saturated heterocycles. The fraction of sp³-hybridized carbons (Fsp3) is 0.250. The van der Waals surface area contributed by atoms with Crippen molar-refractivity contribution in [2.45, 2.75) is 25.3 Å². The van der Waals surface area contributed by atoms with Gasteiger partial charge in [-0.2, -0.15) is 0 Å². The summed E-state index contributed by atoms with van der Waals surface area (Å²) in [6.07, 6.45) is 8.07. The van der Waals surface area contributed by atoms with Crippen molar-refractivity contribution in [3.05, 3.63) is 82.8 Å². The van der Waals surface area contributed by atoms with Gasteiger partial charge in [0, 0.05) is 23.7 Å². The Kier molecular flexibility index (Phi) is 4.54. The van der Waals surface area contributed by atoms with Crippen molar-refractivity contribution in [1.82, 2.24) is 14.1 Å². The van der Waals surface area contributed by atoms with Gasteiger partial charge in [-0.05, 0) is 54.1 Å². The molecular weight excluding hydrogens is 378 g/mol. The molecule has 0 bridgehead atoms. The van der Waals surface area contributed by atoms with Gasteiger partial charge < -0.3 is 18.6 Å². The van der Waals surface area contributed by atoms with Gasteiger partial charge in [0.25, 0.3) is 5.56 Å². The molecule has 1 aliphatic rings. The molecule has 2 aromatic carbocycles. The van der Waals surface area contributed by atoms with Crippen LogP contribution in [0.5, 0.6) is 11.5 Å². The number of nitrogens with zero attached hydrogens (tertiary/aromatic N) is 3. The maximum absolute atomic E-state index is 13.2. The van der Waals surface area contributed by atoms with Gasteiger partial charge >= 0.3 is 0 Å². The van der Waals surface area contributed by atoms with E-state index in [9.17, 15) is 4.79 Å². The van der Waals surface area contributed by atoms with Crippen LogP contribution in [0, 0.1) is 0 Å². The Bertz CT molecular complexity index is 1270. The van der Waals surface area contributed by atoms with E-state index >= 15 is 0 Å². The molecule has 6 nitrogen and oxygen atoms in total. The summed E-state index contributed by atoms with van der Waals surface area (Å²) in [5.74, 6) is 2.08. The van der Waals surface area contributed by atoms with Crippen LogP contribution < -0.4 is 15.0 Å². The molecule has 0 spiro atoms. The zero-order valence-electron chi connectivity index (χ0n) is 17.0. The second-order valence-electron chi connectivity index (χ2n) is 7.69. The highest BCUT2D eigenvalue weighted by atomic mass is 16.5. The summed E-state index contributed by atoms with van der Waals surface area (Å²) in [4.78, 5) is 17.8. The van der Waals surface area contributed by atoms with Crippen molar-refractivity contribution in [1.29, 1.82) is 0 Å². The van der Waals surface area contributed by atoms with Crippen molar-refractivity contribution < 1.29 is 9.47 Å². The van der Waals surface area contributed by atoms with Gasteiger partial charge in [-0.1, -0.05) is 12.1 Å². The van der Waals surface area contributed by atoms with Crippen LogP contribution in [-0.2, 0) is 6.54 Å². The van der Waals surface area contributed by atoms with Gasteiger partial charge in [0.15, 0.2) is 0 Å². The number of aromatic nitrogens is 3. The van der Waals surface area contributed by atoms with Crippen LogP contribution >= 0.6 is 0 Å². The number of pyridine rings is 1. The molecule has 0 N–H and O–H groups in total. The average Bonchev–Trinajstić information content (AvgIpc) is 3.52. The molecule has 2 aromatic heterocycles. The van der Waals surface area contributed by atoms with Crippen LogP contribution in [0.25, 0.3) is 16.5 Å². The summed E-state index contributed by atoms with van der Waals surface area (Å²) in [5.41, 5.74) is 2.93. The Morgan fingerprint density at radius 1 is 1.07 bits per heavy atom. The maximum atomic E-state index is 13.2. The molecule has 6 heteroatoms. The maximum Gasteiger partial charge on any atom is 0.258 e. The van der Waals surface area contributed by atoms with E-state index < -0.39 is 0 Å². The van der Waals surface area contributed by atoms with Crippen molar-refractivity contribution in [3.8, 4) is 17.2 Å². The molecule has 1 saturated carbocycles. The predicted octanol–water partition coefficient (Wildman–Crippen LogP) is 4.13. The summed E-state index contributed by atoms with van der Waals surface area (Å²) in [7, 11) is 3.29. The van der Waals surface area contributed by atoms with Gasteiger partial charge in [0.2, 0.25) is 0 Å². The highest BCUT2D eigenvalue weighted by molar-refractivity contribution is 5.86. The molecule has 0 unspecified atom stereocenters. The van der Waals surface area contributed by atoms with Crippen LogP contribution in [0.3, 0.4) is 0 Å². The number of imidazole rings is 1. The number of ether oxygens (including phenoxy) is 2. The zero-order chi connectivity index (χ0) is 20.7. The third-order valence-electron chi connectivity index (χ3n) is 5.66. The Hall–Kier alpha value is -3.54. The van der Waals surface area contributed by atoms with Crippen LogP contribution in [0.15, 0.2) is 66.0 Å². The lowest BCUT2D eigenvalue weighted by molar-refractivity contribution is 0.413. The molecule has 0 amide bonds. The van der Waals surface area contributed by atoms with E-state index in [2.05, 4.69) is 4.98 Å². The van der Waals surface area contributed by atoms with Crippen LogP contribution in [0.1, 0.15) is 30.0 Å². The number of rotatable bonds is 6. The SMILES string of the molecule is COc1ccc(Cn2ccc3cc(OC)c(-n4cnc(C5CC5)c4)cc3c2=O)cc1. The van der Waals surface area contributed by atoms with Gasteiger partial charge in [0.1, 0.15) is 11.5 Å². The zero-order valence-corrected chi connectivity index (χ0v) is 17.0. The molecule has 0 atom stereocenters. The predicted molar refractivity (Wildman–Crippen MR) is 116 cm³/mol. The largest absolute Gasteiger partial charge is 0.497 e. The minimum atomic E-state index is -0.0326. The smallest absolute Gasteiger partial charge is 0.258 e. The number of methoxy groups -OCH3 is 2. The second-order valence-corrected chi connectivity index (χ2v) is 7.69. The summed E-state index contributed by atoms with van der Waals surface area (Å²) in [5, 5.41) is 1.51. The van der Waals surface area contributed by atoms with Crippen LogP contribution in [-0.4, -0.2) is 28.3 Å². The Balaban J connectivity index is 1.56. The summed E-state index contributed by atoms with van der Waals surface area (Å²) in [6.45, 7) is 0.497. The molecule has 2 heterocycles. The standard InChI is InChI=1S/C24H23N3O3/c1-29-19-7-3-16(4-8-19)13-26-10-9-18-11-23(30-2)22(12-20(18)24(26)28)27-14-21(25-15-27)17-5-6-17/h3-4,7-12,14-15,17H,5-6,13H2,1-2H3. The third-order valence-corrected chi connectivity index (χ3v) is 5.66. The van der Waals surface area contributed by atoms with Crippen molar-refractivity contribution in [2.24, 2.45) is 0 Å². The first-order valence-electron chi connectivity index (χ1n) is 10.0. The lowest BCUT2D eigenvalue weighted by Crippen LogP contribution is -2.20. The molecule has 1 fully saturated rings. The Labute approximate surface area is 174 Å². The quantitative estimate of drug-likeness (QED) is 0.487. The minimum absolute atomic E-state index is 0.0326. The lowest BCUT2D eigenvalue weighted by Gasteiger charge is -2.13. The second kappa shape index (κ2) is 7.37. The van der Waals surface area contributed by atoms with Gasteiger partial charge in [0.05, 0.1) is 38.5 Å². The number of hydrogen-bond acceptors (Lipinski definition) is 4. The van der Waals surface area contributed by atoms with Gasteiger partial charge in [-0.25, -0.2) is 4.98 Å². The molecule has 0 aliphatic heterocycles. The minimum Gasteiger partial charge on any atom is -0.497 e. The fourth-order valence-electron chi connectivity index (χ4n) is 3.78. The summed E-state index contributed by atoms with van der Waals surface area (Å²) < 4.78 is 14.5. The molecule has 30 heavy (non-hydrogen) atoms. The molecular formula is C24H23N3O3. The summed E-state index contributed by atoms with van der Waals surface area (Å²) in [6, 6.07) is 13.5. The van der Waals surface area contributed by atoms with Crippen molar-refractivity contribution >= 4 is 10.8 Å². The molecule has 1 aliphatic carbocycles. The topological polar surface area (TPSA) is 58.3 Å². The van der Waals surface area contributed by atoms with E-state index in [4.69, 9.17) is 9.47 Å². The van der Waals surface area contributed by atoms with E-state index in [-0.39, 0.29) is 5.56 Å². The monoisotopic (exact) mass is 401 g/mol. The fourth-order valence-corrected chi connectivity index (χ4v) is 3.78. The molecule has 4 aromatic rings. The van der Waals surface area contributed by atoms with E-state index in [1.54, 1.807) is 25.1 Å². The molecule has 5 rings (SSSR count). The lowest BCUT2D eigenvalue weighted by atomic mass is 10.1. The van der Waals surface area contributed by atoms with Crippen LogP contribution in [0.2, 0.25) is 0 Å². The van der Waals surface area contributed by atoms with Gasteiger partial charge in [-0.3, -0.25) is 4.79 Å². The van der Waals surface area contributed by atoms with Crippen molar-refractivity contribution in [2.75, 3.05) is 14.2 Å². The first-order chi connectivity index (χ1) is 14.7. The average molecular weight is 401 g/mol. The van der Waals surface area contributed by atoms with Crippen molar-refractivity contribution in [3.63, 3.8) is 0 Å². The van der Waals surface area contributed by atoms with E-state index in [0.717, 1.165) is 33.8 Å². The van der Waals surface area contributed by atoms with E-state index in [1.165, 1.54) is 12.8 Å². The Morgan fingerprint density at radius 3 is 2.57 bits per heavy atom. The normalized spacial score (nSPS) is 13.5. The molecule has 0 radical (unpaired) electrons. The number of benzene rings is 2. The number of hydrogen-bond donors (Lipinski definition) is 0. The number of fused-ring (bicyclic) bond motifs is 1. The van der Waals surface area contributed by atoms with Gasteiger partial charge in [-0.15, -0.1) is 0 Å². The van der Waals surface area contributed by atoms with E-state index in [0.29, 0.717) is 17.8 Å². The highest BCUT2D eigenvalue weighted by Gasteiger charge is 2.26. The van der Waals surface area contributed by atoms with E-state index in [1.807, 2.05) is 59.4 Å². The highest BCUT2D eigenvalue weighted by Crippen LogP contribution is 2.39. The molecule has 152 valence electrons. The van der Waals surface area contributed by atoms with Crippen LogP contribution in [0.4, 0.5) is 0 Å². The first kappa shape index (κ1) is 18.5.